The molecule has 3 atom stereocenters. The molecule has 1 fully saturated rings. The number of benzene rings is 3. The number of thiazole rings is 1. The lowest BCUT2D eigenvalue weighted by Gasteiger charge is -2.35. The van der Waals surface area contributed by atoms with Crippen LogP contribution in [0.4, 0.5) is 0 Å². The summed E-state index contributed by atoms with van der Waals surface area (Å²) in [6, 6.07) is 25.2. The number of hydrogen-bond donors (Lipinski definition) is 3. The molecule has 6 rings (SSSR count). The maximum Gasteiger partial charge on any atom is 0.246 e. The zero-order valence-electron chi connectivity index (χ0n) is 39.6. The molecule has 1 aliphatic heterocycles. The first-order chi connectivity index (χ1) is 31.8. The fraction of sp³-hybridized carbons (Fsp3) is 0.418. The van der Waals surface area contributed by atoms with Gasteiger partial charge in [-0.1, -0.05) is 125 Å². The largest absolute Gasteiger partial charge is 0.492 e. The van der Waals surface area contributed by atoms with E-state index in [9.17, 15) is 19.5 Å². The van der Waals surface area contributed by atoms with Gasteiger partial charge in [-0.25, -0.2) is 4.98 Å². The number of hydrogen-bond acceptors (Lipinski definition) is 8. The molecule has 0 radical (unpaired) electrons. The minimum atomic E-state index is -0.839. The number of aliphatic hydroxyl groups is 1. The van der Waals surface area contributed by atoms with Crippen molar-refractivity contribution < 1.29 is 24.2 Å². The predicted octanol–water partition coefficient (Wildman–Crippen LogP) is 9.71. The lowest BCUT2D eigenvalue weighted by Crippen LogP contribution is -2.57. The number of likely N-dealkylation sites (N-methyl/N-ethyl adjacent to an activating group) is 1. The van der Waals surface area contributed by atoms with Crippen LogP contribution < -0.4 is 15.4 Å². The summed E-state index contributed by atoms with van der Waals surface area (Å²) in [6.45, 7) is 12.6. The van der Waals surface area contributed by atoms with Crippen LogP contribution in [-0.2, 0) is 20.9 Å². The van der Waals surface area contributed by atoms with Crippen LogP contribution in [0.15, 0.2) is 120 Å². The minimum Gasteiger partial charge on any atom is -0.492 e. The number of nitrogens with zero attached hydrogens (tertiary/aromatic N) is 3. The number of allylic oxidation sites excluding steroid dienone is 6. The van der Waals surface area contributed by atoms with Crippen LogP contribution in [0.25, 0.3) is 21.6 Å². The minimum absolute atomic E-state index is 0.0424. The summed E-state index contributed by atoms with van der Waals surface area (Å²) in [5.74, 6) is -0.00864. The number of amides is 3. The van der Waals surface area contributed by atoms with E-state index in [4.69, 9.17) is 4.74 Å². The molecular weight excluding hydrogens is 843 g/mol. The Morgan fingerprint density at radius 1 is 0.939 bits per heavy atom. The van der Waals surface area contributed by atoms with E-state index in [-0.39, 0.29) is 30.7 Å². The summed E-state index contributed by atoms with van der Waals surface area (Å²) in [6.07, 6.45) is 11.3. The van der Waals surface area contributed by atoms with Crippen molar-refractivity contribution in [2.75, 3.05) is 33.3 Å². The highest BCUT2D eigenvalue weighted by Crippen LogP contribution is 2.36. The molecular formula is C55H67N5O5S. The third-order valence-corrected chi connectivity index (χ3v) is 13.2. The maximum absolute atomic E-state index is 14.0. The molecule has 2 aliphatic rings. The van der Waals surface area contributed by atoms with Gasteiger partial charge >= 0.3 is 0 Å². The number of aliphatic hydroxyl groups excluding tert-OH is 1. The zero-order chi connectivity index (χ0) is 47.1. The molecule has 4 aromatic rings. The SMILES string of the molecule is CC/C(=C(\C1=CC=C=C=C1)c1ccc(OCCN(C)CCCCCCCC(=O)N[C@H](C(=O)N2C[C@H](O)C[C@H]2C(=O)NCc2ccc(-c3scnc3C)cc2)C(C)(C)C)cc1)c1ccccc1. The van der Waals surface area contributed by atoms with Crippen LogP contribution in [0.2, 0.25) is 0 Å². The topological polar surface area (TPSA) is 124 Å². The van der Waals surface area contributed by atoms with Crippen molar-refractivity contribution in [3.8, 4) is 16.2 Å². The van der Waals surface area contributed by atoms with Crippen LogP contribution >= 0.6 is 11.3 Å². The number of rotatable bonds is 22. The van der Waals surface area contributed by atoms with Gasteiger partial charge in [-0.3, -0.25) is 14.4 Å². The van der Waals surface area contributed by atoms with Gasteiger partial charge in [0.15, 0.2) is 0 Å². The highest BCUT2D eigenvalue weighted by Gasteiger charge is 2.44. The van der Waals surface area contributed by atoms with Gasteiger partial charge in [-0.2, -0.15) is 0 Å². The van der Waals surface area contributed by atoms with Crippen molar-refractivity contribution in [1.82, 2.24) is 25.4 Å². The van der Waals surface area contributed by atoms with E-state index in [1.54, 1.807) is 11.3 Å². The van der Waals surface area contributed by atoms with Gasteiger partial charge in [0.25, 0.3) is 0 Å². The van der Waals surface area contributed by atoms with Gasteiger partial charge in [-0.05, 0) is 115 Å². The first-order valence-electron chi connectivity index (χ1n) is 23.5. The molecule has 0 saturated carbocycles. The van der Waals surface area contributed by atoms with Crippen LogP contribution in [0.1, 0.15) is 101 Å². The number of likely N-dealkylation sites (tertiary alicyclic amines) is 1. The quantitative estimate of drug-likeness (QED) is 0.0408. The molecule has 10 nitrogen and oxygen atoms in total. The molecule has 1 aliphatic carbocycles. The van der Waals surface area contributed by atoms with Crippen molar-refractivity contribution in [2.24, 2.45) is 5.41 Å². The zero-order valence-corrected chi connectivity index (χ0v) is 40.4. The molecule has 1 saturated heterocycles. The van der Waals surface area contributed by atoms with E-state index in [1.165, 1.54) is 21.6 Å². The predicted molar refractivity (Wildman–Crippen MR) is 267 cm³/mol. The average Bonchev–Trinajstić information content (AvgIpc) is 3.94. The Hall–Kier alpha value is -5.80. The van der Waals surface area contributed by atoms with E-state index in [0.717, 1.165) is 90.2 Å². The Bertz CT molecular complexity index is 2420. The summed E-state index contributed by atoms with van der Waals surface area (Å²) < 4.78 is 6.16. The van der Waals surface area contributed by atoms with E-state index in [2.05, 4.69) is 101 Å². The number of aryl methyl sites for hydroxylation is 1. The summed E-state index contributed by atoms with van der Waals surface area (Å²) in [5, 5.41) is 16.6. The number of nitrogens with one attached hydrogen (secondary N) is 2. The molecule has 11 heteroatoms. The standard InChI is InChI=1S/C55H67N5O5S/c1-7-47(41-19-13-11-14-20-41)50(42-21-15-12-16-22-42)43-28-30-46(31-29-43)65-34-33-59(6)32-18-10-8-9-17-23-49(62)58-52(55(3,4)5)54(64)60-37-45(61)35-48(60)53(63)56-36-40-24-26-44(27-25-40)51-39(2)57-38-66-51/h11,13-15,19-22,24-31,38,45,48,52,61H,7-10,17-18,23,32-37H2,1-6H3,(H,56,63)(H,58,62)/b50-47-/t45-,48+,52-/m1/s1. The number of β-amino-alcohol motifs (C(OH)–C–C–N with tert-alkyl or cyclic N) is 1. The van der Waals surface area contributed by atoms with Gasteiger partial charge in [0, 0.05) is 32.5 Å². The molecule has 348 valence electrons. The average molecular weight is 910 g/mol. The Labute approximate surface area is 395 Å². The van der Waals surface area contributed by atoms with Crippen molar-refractivity contribution in [1.29, 1.82) is 0 Å². The second kappa shape index (κ2) is 24.1. The lowest BCUT2D eigenvalue weighted by molar-refractivity contribution is -0.144. The second-order valence-electron chi connectivity index (χ2n) is 18.4. The first kappa shape index (κ1) is 49.6. The second-order valence-corrected chi connectivity index (χ2v) is 19.3. The number of unbranched alkanes of at least 4 members (excludes halogenated alkanes) is 4. The summed E-state index contributed by atoms with van der Waals surface area (Å²) in [7, 11) is 2.12. The van der Waals surface area contributed by atoms with Crippen molar-refractivity contribution in [3.63, 3.8) is 0 Å². The Kier molecular flexibility index (Phi) is 18.1. The molecule has 0 spiro atoms. The van der Waals surface area contributed by atoms with Crippen LogP contribution in [0, 0.1) is 12.3 Å². The van der Waals surface area contributed by atoms with Gasteiger partial charge in [0.1, 0.15) is 24.4 Å². The van der Waals surface area contributed by atoms with Crippen molar-refractivity contribution in [2.45, 2.75) is 111 Å². The fourth-order valence-corrected chi connectivity index (χ4v) is 9.35. The fourth-order valence-electron chi connectivity index (χ4n) is 8.54. The number of carbonyl (C=O) groups is 3. The highest BCUT2D eigenvalue weighted by molar-refractivity contribution is 7.13. The summed E-state index contributed by atoms with van der Waals surface area (Å²) >= 11 is 1.59. The highest BCUT2D eigenvalue weighted by atomic mass is 32.1. The normalized spacial score (nSPS) is 16.5. The van der Waals surface area contributed by atoms with Gasteiger partial charge in [0.05, 0.1) is 22.2 Å². The molecule has 66 heavy (non-hydrogen) atoms. The van der Waals surface area contributed by atoms with E-state index >= 15 is 0 Å². The van der Waals surface area contributed by atoms with Gasteiger partial charge < -0.3 is 30.3 Å². The summed E-state index contributed by atoms with van der Waals surface area (Å²) in [5.41, 5.74) is 16.3. The van der Waals surface area contributed by atoms with E-state index < -0.39 is 23.6 Å². The van der Waals surface area contributed by atoms with Gasteiger partial charge in [-0.15, -0.1) is 11.3 Å². The summed E-state index contributed by atoms with van der Waals surface area (Å²) in [4.78, 5) is 49.9. The van der Waals surface area contributed by atoms with E-state index in [1.807, 2.05) is 75.7 Å². The molecule has 0 unspecified atom stereocenters. The molecule has 3 N–H and O–H groups in total. The van der Waals surface area contributed by atoms with Crippen molar-refractivity contribution >= 4 is 40.2 Å². The number of carbonyl (C=O) groups excluding carboxylic acids is 3. The molecule has 3 amide bonds. The smallest absolute Gasteiger partial charge is 0.246 e. The third kappa shape index (κ3) is 13.9. The van der Waals surface area contributed by atoms with Crippen LogP contribution in [-0.4, -0.2) is 89.1 Å². The van der Waals surface area contributed by atoms with Gasteiger partial charge in [0.2, 0.25) is 17.7 Å². The maximum atomic E-state index is 14.0. The lowest BCUT2D eigenvalue weighted by atomic mass is 9.85. The van der Waals surface area contributed by atoms with Crippen LogP contribution in [0.3, 0.4) is 0 Å². The molecule has 3 aromatic carbocycles. The Morgan fingerprint density at radius 3 is 2.33 bits per heavy atom. The first-order valence-corrected chi connectivity index (χ1v) is 24.3. The molecule has 2 heterocycles. The van der Waals surface area contributed by atoms with E-state index in [0.29, 0.717) is 19.6 Å². The monoisotopic (exact) mass is 909 g/mol. The molecule has 1 aromatic heterocycles. The number of aromatic nitrogens is 1. The third-order valence-electron chi connectivity index (χ3n) is 12.3. The molecule has 0 bridgehead atoms. The Balaban J connectivity index is 0.883. The Morgan fingerprint density at radius 2 is 1.67 bits per heavy atom. The number of ether oxygens (including phenoxy) is 1. The van der Waals surface area contributed by atoms with Crippen LogP contribution in [0.5, 0.6) is 5.75 Å². The van der Waals surface area contributed by atoms with Crippen molar-refractivity contribution in [3.05, 3.63) is 142 Å².